The van der Waals surface area contributed by atoms with Crippen molar-refractivity contribution in [3.8, 4) is 0 Å². The van der Waals surface area contributed by atoms with Crippen LogP contribution in [-0.2, 0) is 14.3 Å². The van der Waals surface area contributed by atoms with Gasteiger partial charge in [-0.2, -0.15) is 0 Å². The molecule has 1 rings (SSSR count). The summed E-state index contributed by atoms with van der Waals surface area (Å²) < 4.78 is 9.48. The number of ether oxygens (including phenoxy) is 2. The van der Waals surface area contributed by atoms with Crippen LogP contribution in [0.5, 0.6) is 0 Å². The van der Waals surface area contributed by atoms with Crippen LogP contribution in [0.4, 0.5) is 0 Å². The predicted octanol–water partition coefficient (Wildman–Crippen LogP) is 0.0266. The molecule has 0 radical (unpaired) electrons. The van der Waals surface area contributed by atoms with E-state index in [9.17, 15) is 14.4 Å². The van der Waals surface area contributed by atoms with Gasteiger partial charge in [-0.15, -0.1) is 0 Å². The molecule has 0 bridgehead atoms. The normalized spacial score (nSPS) is 10.1. The van der Waals surface area contributed by atoms with Crippen molar-refractivity contribution in [2.75, 3.05) is 33.9 Å². The Labute approximate surface area is 116 Å². The van der Waals surface area contributed by atoms with Crippen molar-refractivity contribution in [3.05, 3.63) is 34.2 Å². The van der Waals surface area contributed by atoms with E-state index in [2.05, 4.69) is 9.72 Å². The molecule has 0 saturated heterocycles. The van der Waals surface area contributed by atoms with Crippen LogP contribution in [-0.4, -0.2) is 55.7 Å². The minimum absolute atomic E-state index is 0.0863. The first kappa shape index (κ1) is 15.9. The Balaban J connectivity index is 2.78. The van der Waals surface area contributed by atoms with Crippen molar-refractivity contribution in [1.29, 1.82) is 0 Å². The van der Waals surface area contributed by atoms with E-state index in [4.69, 9.17) is 4.74 Å². The van der Waals surface area contributed by atoms with Crippen LogP contribution in [0.25, 0.3) is 0 Å². The zero-order valence-electron chi connectivity index (χ0n) is 11.5. The minimum atomic E-state index is -0.401. The van der Waals surface area contributed by atoms with Gasteiger partial charge in [0.25, 0.3) is 5.91 Å². The summed E-state index contributed by atoms with van der Waals surface area (Å²) in [5, 5.41) is 0. The van der Waals surface area contributed by atoms with Crippen molar-refractivity contribution in [3.63, 3.8) is 0 Å². The van der Waals surface area contributed by atoms with E-state index in [1.165, 1.54) is 37.3 Å². The number of methoxy groups -OCH3 is 2. The largest absolute Gasteiger partial charge is 0.469 e. The quantitative estimate of drug-likeness (QED) is 0.713. The number of pyridine rings is 1. The zero-order valence-corrected chi connectivity index (χ0v) is 11.5. The summed E-state index contributed by atoms with van der Waals surface area (Å²) in [6.07, 6.45) is 0.0863. The summed E-state index contributed by atoms with van der Waals surface area (Å²) in [5.41, 5.74) is -0.172. The van der Waals surface area contributed by atoms with Gasteiger partial charge in [-0.05, 0) is 6.07 Å². The Morgan fingerprint density at radius 2 is 2.00 bits per heavy atom. The van der Waals surface area contributed by atoms with E-state index in [1.54, 1.807) is 0 Å². The number of nitrogens with zero attached hydrogens (tertiary/aromatic N) is 1. The highest BCUT2D eigenvalue weighted by atomic mass is 16.5. The second-order valence-electron chi connectivity index (χ2n) is 4.04. The zero-order chi connectivity index (χ0) is 15.0. The molecule has 1 aromatic rings. The molecule has 0 saturated carbocycles. The molecule has 1 amide bonds. The lowest BCUT2D eigenvalue weighted by Crippen LogP contribution is -2.36. The Kier molecular flexibility index (Phi) is 6.45. The predicted molar refractivity (Wildman–Crippen MR) is 71.5 cm³/mol. The fraction of sp³-hybridized carbons (Fsp3) is 0.462. The lowest BCUT2D eigenvalue weighted by Gasteiger charge is -2.21. The maximum atomic E-state index is 12.3. The Morgan fingerprint density at radius 1 is 1.25 bits per heavy atom. The lowest BCUT2D eigenvalue weighted by atomic mass is 10.3. The molecule has 0 aromatic carbocycles. The summed E-state index contributed by atoms with van der Waals surface area (Å²) in [5.74, 6) is -0.759. The van der Waals surface area contributed by atoms with Crippen molar-refractivity contribution in [2.45, 2.75) is 6.42 Å². The Bertz CT molecular complexity index is 511. The maximum Gasteiger partial charge on any atom is 0.307 e. The molecule has 7 nitrogen and oxygen atoms in total. The van der Waals surface area contributed by atoms with Crippen LogP contribution >= 0.6 is 0 Å². The van der Waals surface area contributed by atoms with Gasteiger partial charge in [0.1, 0.15) is 5.69 Å². The molecule has 0 aliphatic heterocycles. The minimum Gasteiger partial charge on any atom is -0.469 e. The van der Waals surface area contributed by atoms with Gasteiger partial charge < -0.3 is 19.4 Å². The van der Waals surface area contributed by atoms with Gasteiger partial charge in [0.2, 0.25) is 5.56 Å². The van der Waals surface area contributed by atoms with Gasteiger partial charge in [-0.1, -0.05) is 6.07 Å². The first-order valence-corrected chi connectivity index (χ1v) is 6.13. The van der Waals surface area contributed by atoms with Crippen LogP contribution in [0, 0.1) is 0 Å². The van der Waals surface area contributed by atoms with Crippen molar-refractivity contribution in [1.82, 2.24) is 9.88 Å². The fourth-order valence-electron chi connectivity index (χ4n) is 1.59. The fourth-order valence-corrected chi connectivity index (χ4v) is 1.59. The highest BCUT2D eigenvalue weighted by Gasteiger charge is 2.17. The number of hydrogen-bond acceptors (Lipinski definition) is 5. The highest BCUT2D eigenvalue weighted by molar-refractivity contribution is 5.92. The maximum absolute atomic E-state index is 12.3. The molecule has 0 aliphatic rings. The summed E-state index contributed by atoms with van der Waals surface area (Å²) in [6.45, 7) is 0.860. The third-order valence-corrected chi connectivity index (χ3v) is 2.66. The number of carbonyl (C=O) groups excluding carboxylic acids is 2. The smallest absolute Gasteiger partial charge is 0.307 e. The molecule has 7 heteroatoms. The molecule has 0 unspecified atom stereocenters. The molecule has 0 aliphatic carbocycles. The van der Waals surface area contributed by atoms with Crippen LogP contribution in [0.3, 0.4) is 0 Å². The highest BCUT2D eigenvalue weighted by Crippen LogP contribution is 2.02. The van der Waals surface area contributed by atoms with E-state index in [1.807, 2.05) is 0 Å². The van der Waals surface area contributed by atoms with Gasteiger partial charge in [0.15, 0.2) is 0 Å². The van der Waals surface area contributed by atoms with Crippen LogP contribution in [0.1, 0.15) is 16.9 Å². The lowest BCUT2D eigenvalue weighted by molar-refractivity contribution is -0.140. The van der Waals surface area contributed by atoms with E-state index in [-0.39, 0.29) is 30.1 Å². The van der Waals surface area contributed by atoms with E-state index < -0.39 is 5.97 Å². The van der Waals surface area contributed by atoms with Gasteiger partial charge >= 0.3 is 5.97 Å². The van der Waals surface area contributed by atoms with E-state index >= 15 is 0 Å². The molecule has 20 heavy (non-hydrogen) atoms. The number of esters is 1. The van der Waals surface area contributed by atoms with Gasteiger partial charge in [-0.25, -0.2) is 0 Å². The molecule has 1 heterocycles. The number of H-pyrrole nitrogens is 1. The Morgan fingerprint density at radius 3 is 2.60 bits per heavy atom. The van der Waals surface area contributed by atoms with Crippen molar-refractivity contribution in [2.24, 2.45) is 0 Å². The molecule has 1 N–H and O–H groups in total. The number of hydrogen-bond donors (Lipinski definition) is 1. The molecule has 0 fully saturated rings. The molecule has 1 aromatic heterocycles. The van der Waals surface area contributed by atoms with Crippen molar-refractivity contribution < 1.29 is 19.1 Å². The summed E-state index contributed by atoms with van der Waals surface area (Å²) in [7, 11) is 2.81. The first-order valence-electron chi connectivity index (χ1n) is 6.13. The van der Waals surface area contributed by atoms with Gasteiger partial charge in [0.05, 0.1) is 20.1 Å². The number of nitrogens with one attached hydrogen (secondary N) is 1. The standard InChI is InChI=1S/C13H18N2O5/c1-19-9-8-15(7-6-12(17)20-2)13(18)10-4-3-5-11(16)14-10/h3-5H,6-9H2,1-2H3,(H,14,16). The van der Waals surface area contributed by atoms with Gasteiger partial charge in [0, 0.05) is 26.3 Å². The average molecular weight is 282 g/mol. The summed E-state index contributed by atoms with van der Waals surface area (Å²) in [4.78, 5) is 38.5. The molecule has 0 spiro atoms. The number of amides is 1. The number of aromatic nitrogens is 1. The molecule has 110 valence electrons. The molecular formula is C13H18N2O5. The molecular weight excluding hydrogens is 264 g/mol. The summed E-state index contributed by atoms with van der Waals surface area (Å²) in [6, 6.07) is 4.34. The number of carbonyl (C=O) groups is 2. The number of rotatable bonds is 7. The van der Waals surface area contributed by atoms with Gasteiger partial charge in [-0.3, -0.25) is 14.4 Å². The summed E-state index contributed by atoms with van der Waals surface area (Å²) >= 11 is 0. The van der Waals surface area contributed by atoms with E-state index in [0.717, 1.165) is 0 Å². The first-order chi connectivity index (χ1) is 9.58. The van der Waals surface area contributed by atoms with E-state index in [0.29, 0.717) is 13.2 Å². The SMILES string of the molecule is COCCN(CCC(=O)OC)C(=O)c1cccc(=O)[nH]1. The average Bonchev–Trinajstić information content (AvgIpc) is 2.46. The third-order valence-electron chi connectivity index (χ3n) is 2.66. The number of aromatic amines is 1. The Hall–Kier alpha value is -2.15. The third kappa shape index (κ3) is 4.85. The van der Waals surface area contributed by atoms with Crippen LogP contribution in [0.2, 0.25) is 0 Å². The van der Waals surface area contributed by atoms with Crippen LogP contribution in [0.15, 0.2) is 23.0 Å². The monoisotopic (exact) mass is 282 g/mol. The topological polar surface area (TPSA) is 88.7 Å². The second kappa shape index (κ2) is 8.11. The van der Waals surface area contributed by atoms with Crippen LogP contribution < -0.4 is 5.56 Å². The van der Waals surface area contributed by atoms with Crippen molar-refractivity contribution >= 4 is 11.9 Å². The second-order valence-corrected chi connectivity index (χ2v) is 4.04. The molecule has 0 atom stereocenters.